The Kier molecular flexibility index (Phi) is 2.09. The minimum atomic E-state index is 0.529. The Morgan fingerprint density at radius 3 is 2.62 bits per heavy atom. The van der Waals surface area contributed by atoms with Gasteiger partial charge in [0, 0.05) is 0 Å². The van der Waals surface area contributed by atoms with Crippen LogP contribution in [0.3, 0.4) is 0 Å². The monoisotopic (exact) mass is 190 g/mol. The minimum Gasteiger partial charge on any atom is -0.238 e. The van der Waals surface area contributed by atoms with E-state index in [0.717, 1.165) is 5.56 Å². The normalized spacial score (nSPS) is 9.85. The van der Waals surface area contributed by atoms with Gasteiger partial charge in [-0.15, -0.1) is 5.10 Å². The average Bonchev–Trinajstić information content (AvgIpc) is 2.71. The molecule has 0 aliphatic rings. The van der Waals surface area contributed by atoms with Crippen molar-refractivity contribution in [3.05, 3.63) is 41.7 Å². The van der Waals surface area contributed by atoms with Gasteiger partial charge in [-0.05, 0) is 16.0 Å². The van der Waals surface area contributed by atoms with Crippen molar-refractivity contribution in [3.8, 4) is 0 Å². The van der Waals surface area contributed by atoms with E-state index in [4.69, 9.17) is 12.2 Å². The summed E-state index contributed by atoms with van der Waals surface area (Å²) >= 11 is 5.17. The highest BCUT2D eigenvalue weighted by molar-refractivity contribution is 7.81. The lowest BCUT2D eigenvalue weighted by Crippen LogP contribution is -2.01. The summed E-state index contributed by atoms with van der Waals surface area (Å²) in [5.41, 5.74) is 0.941. The third kappa shape index (κ3) is 1.59. The van der Waals surface area contributed by atoms with Crippen LogP contribution < -0.4 is 0 Å². The summed E-state index contributed by atoms with van der Waals surface area (Å²) in [6.45, 7) is 0. The fourth-order valence-electron chi connectivity index (χ4n) is 0.982. The van der Waals surface area contributed by atoms with E-state index in [-0.39, 0.29) is 0 Å². The molecule has 0 unspecified atom stereocenters. The van der Waals surface area contributed by atoms with Gasteiger partial charge in [-0.25, -0.2) is 5.10 Å². The zero-order chi connectivity index (χ0) is 9.10. The molecule has 0 aliphatic heterocycles. The Balaban J connectivity index is 2.34. The maximum absolute atomic E-state index is 5.17. The Hall–Kier alpha value is -1.62. The summed E-state index contributed by atoms with van der Waals surface area (Å²) in [6.07, 6.45) is 0. The van der Waals surface area contributed by atoms with Gasteiger partial charge in [-0.2, -0.15) is 0 Å². The molecule has 2 aromatic rings. The first-order valence-corrected chi connectivity index (χ1v) is 4.12. The maximum Gasteiger partial charge on any atom is 0.190 e. The first-order chi connectivity index (χ1) is 6.38. The summed E-state index contributed by atoms with van der Waals surface area (Å²) in [6, 6.07) is 9.62. The molecule has 0 spiro atoms. The van der Waals surface area contributed by atoms with Crippen molar-refractivity contribution in [3.63, 3.8) is 0 Å². The molecule has 1 heterocycles. The van der Waals surface area contributed by atoms with Crippen LogP contribution in [0.5, 0.6) is 0 Å². The van der Waals surface area contributed by atoms with Gasteiger partial charge < -0.3 is 0 Å². The summed E-state index contributed by atoms with van der Waals surface area (Å²) in [4.78, 5) is 0.630. The number of hydrogen-bond acceptors (Lipinski definition) is 4. The largest absolute Gasteiger partial charge is 0.238 e. The highest BCUT2D eigenvalue weighted by Crippen LogP contribution is 2.05. The molecular formula is C8H6N4S. The second kappa shape index (κ2) is 3.40. The Morgan fingerprint density at radius 2 is 2.00 bits per heavy atom. The maximum atomic E-state index is 5.17. The van der Waals surface area contributed by atoms with E-state index in [1.165, 1.54) is 0 Å². The first-order valence-electron chi connectivity index (χ1n) is 3.71. The van der Waals surface area contributed by atoms with Crippen LogP contribution in [-0.4, -0.2) is 25.5 Å². The molecule has 1 aromatic carbocycles. The minimum absolute atomic E-state index is 0.529. The van der Waals surface area contributed by atoms with Crippen LogP contribution in [0.1, 0.15) is 11.4 Å². The molecule has 4 nitrogen and oxygen atoms in total. The number of nitrogens with zero attached hydrogens (tertiary/aromatic N) is 3. The fraction of sp³-hybridized carbons (Fsp3) is 0. The van der Waals surface area contributed by atoms with Crippen molar-refractivity contribution in [2.24, 2.45) is 0 Å². The molecule has 0 fully saturated rings. The van der Waals surface area contributed by atoms with Crippen LogP contribution in [-0.2, 0) is 0 Å². The van der Waals surface area contributed by atoms with Crippen molar-refractivity contribution in [2.45, 2.75) is 0 Å². The highest BCUT2D eigenvalue weighted by Gasteiger charge is 2.06. The fourth-order valence-corrected chi connectivity index (χ4v) is 1.20. The smallest absolute Gasteiger partial charge is 0.190 e. The van der Waals surface area contributed by atoms with Crippen LogP contribution >= 0.6 is 12.2 Å². The van der Waals surface area contributed by atoms with Crippen LogP contribution in [0.4, 0.5) is 0 Å². The molecule has 0 amide bonds. The van der Waals surface area contributed by atoms with Crippen LogP contribution in [0.2, 0.25) is 0 Å². The number of nitrogens with one attached hydrogen (secondary N) is 1. The Morgan fingerprint density at radius 1 is 1.23 bits per heavy atom. The van der Waals surface area contributed by atoms with Gasteiger partial charge >= 0.3 is 0 Å². The van der Waals surface area contributed by atoms with E-state index in [1.807, 2.05) is 30.3 Å². The van der Waals surface area contributed by atoms with Gasteiger partial charge in [0.15, 0.2) is 5.82 Å². The molecule has 5 heteroatoms. The number of tetrazole rings is 1. The first kappa shape index (κ1) is 8.00. The standard InChI is InChI=1S/C8H6N4S/c13-7(8-9-11-12-10-8)6-4-2-1-3-5-6/h1-5H,(H,9,10,11,12). The van der Waals surface area contributed by atoms with E-state index in [2.05, 4.69) is 20.6 Å². The van der Waals surface area contributed by atoms with E-state index in [9.17, 15) is 0 Å². The van der Waals surface area contributed by atoms with Crippen molar-refractivity contribution in [2.75, 3.05) is 0 Å². The van der Waals surface area contributed by atoms with Gasteiger partial charge in [0.25, 0.3) is 0 Å². The van der Waals surface area contributed by atoms with Gasteiger partial charge in [0.2, 0.25) is 0 Å². The predicted molar refractivity (Wildman–Crippen MR) is 51.4 cm³/mol. The topological polar surface area (TPSA) is 54.5 Å². The number of benzene rings is 1. The lowest BCUT2D eigenvalue weighted by atomic mass is 10.1. The lowest BCUT2D eigenvalue weighted by molar-refractivity contribution is 0.881. The Bertz CT molecular complexity index is 395. The number of aromatic nitrogens is 4. The molecule has 0 aliphatic carbocycles. The molecule has 64 valence electrons. The molecule has 1 N–H and O–H groups in total. The molecule has 0 saturated heterocycles. The number of rotatable bonds is 2. The van der Waals surface area contributed by atoms with Gasteiger partial charge in [0.05, 0.1) is 4.86 Å². The average molecular weight is 190 g/mol. The van der Waals surface area contributed by atoms with Crippen molar-refractivity contribution < 1.29 is 0 Å². The molecule has 0 bridgehead atoms. The second-order valence-electron chi connectivity index (χ2n) is 2.45. The highest BCUT2D eigenvalue weighted by atomic mass is 32.1. The number of hydrogen-bond donors (Lipinski definition) is 1. The number of thiocarbonyl (C=S) groups is 1. The predicted octanol–water partition coefficient (Wildman–Crippen LogP) is 0.966. The third-order valence-corrected chi connectivity index (χ3v) is 2.03. The molecular weight excluding hydrogens is 184 g/mol. The molecule has 2 rings (SSSR count). The lowest BCUT2D eigenvalue weighted by Gasteiger charge is -1.96. The summed E-state index contributed by atoms with van der Waals surface area (Å²) < 4.78 is 0. The zero-order valence-corrected chi connectivity index (χ0v) is 7.45. The van der Waals surface area contributed by atoms with E-state index in [1.54, 1.807) is 0 Å². The molecule has 0 radical (unpaired) electrons. The van der Waals surface area contributed by atoms with Crippen molar-refractivity contribution >= 4 is 17.1 Å². The van der Waals surface area contributed by atoms with Gasteiger partial charge in [-0.3, -0.25) is 0 Å². The molecule has 1 aromatic heterocycles. The van der Waals surface area contributed by atoms with Crippen LogP contribution in [0, 0.1) is 0 Å². The van der Waals surface area contributed by atoms with E-state index >= 15 is 0 Å². The summed E-state index contributed by atoms with van der Waals surface area (Å²) in [5, 5.41) is 13.3. The summed E-state index contributed by atoms with van der Waals surface area (Å²) in [7, 11) is 0. The van der Waals surface area contributed by atoms with Gasteiger partial charge in [0.1, 0.15) is 0 Å². The van der Waals surface area contributed by atoms with Gasteiger partial charge in [-0.1, -0.05) is 42.5 Å². The molecule has 0 saturated carbocycles. The third-order valence-electron chi connectivity index (χ3n) is 1.60. The quantitative estimate of drug-likeness (QED) is 0.566. The van der Waals surface area contributed by atoms with Crippen molar-refractivity contribution in [1.82, 2.24) is 20.6 Å². The molecule has 0 atom stereocenters. The zero-order valence-electron chi connectivity index (χ0n) is 6.64. The Labute approximate surface area is 80.0 Å². The van der Waals surface area contributed by atoms with E-state index in [0.29, 0.717) is 10.7 Å². The molecule has 13 heavy (non-hydrogen) atoms. The number of H-pyrrole nitrogens is 1. The van der Waals surface area contributed by atoms with Crippen LogP contribution in [0.15, 0.2) is 30.3 Å². The second-order valence-corrected chi connectivity index (χ2v) is 2.85. The summed E-state index contributed by atoms with van der Waals surface area (Å²) in [5.74, 6) is 0.529. The van der Waals surface area contributed by atoms with Crippen LogP contribution in [0.25, 0.3) is 0 Å². The van der Waals surface area contributed by atoms with E-state index < -0.39 is 0 Å². The SMILES string of the molecule is S=C(c1ccccc1)c1nnn[nH]1. The van der Waals surface area contributed by atoms with Crippen molar-refractivity contribution in [1.29, 1.82) is 0 Å². The number of aromatic amines is 1.